The molecular formula is C14H18N2OS. The average Bonchev–Trinajstić information content (AvgIpc) is 2.95. The van der Waals surface area contributed by atoms with E-state index >= 15 is 0 Å². The van der Waals surface area contributed by atoms with E-state index in [9.17, 15) is 0 Å². The topological polar surface area (TPSA) is 34.1 Å². The van der Waals surface area contributed by atoms with Gasteiger partial charge in [-0.3, -0.25) is 0 Å². The summed E-state index contributed by atoms with van der Waals surface area (Å²) < 4.78 is 6.89. The Balaban J connectivity index is 1.96. The Kier molecular flexibility index (Phi) is 3.33. The van der Waals surface area contributed by atoms with Gasteiger partial charge in [0.25, 0.3) is 0 Å². The maximum atomic E-state index is 5.61. The summed E-state index contributed by atoms with van der Waals surface area (Å²) in [4.78, 5) is 4.83. The van der Waals surface area contributed by atoms with Gasteiger partial charge in [0.15, 0.2) is 0 Å². The molecule has 0 bridgehead atoms. The normalized spacial score (nSPS) is 23.9. The first-order valence-electron chi connectivity index (χ1n) is 6.46. The summed E-state index contributed by atoms with van der Waals surface area (Å²) in [7, 11) is 0. The molecule has 3 rings (SSSR count). The lowest BCUT2D eigenvalue weighted by Crippen LogP contribution is -2.34. The maximum Gasteiger partial charge on any atom is 0.101 e. The molecular weight excluding hydrogens is 244 g/mol. The van der Waals surface area contributed by atoms with Crippen LogP contribution in [0.25, 0.3) is 10.2 Å². The van der Waals surface area contributed by atoms with Gasteiger partial charge >= 0.3 is 0 Å². The van der Waals surface area contributed by atoms with Crippen LogP contribution in [0.2, 0.25) is 0 Å². The summed E-state index contributed by atoms with van der Waals surface area (Å²) in [6.45, 7) is 6.83. The number of para-hydroxylation sites is 1. The predicted molar refractivity (Wildman–Crippen MR) is 75.4 cm³/mol. The molecule has 0 spiro atoms. The van der Waals surface area contributed by atoms with Crippen LogP contribution >= 0.6 is 11.3 Å². The Bertz CT molecular complexity index is 552. The number of aryl methyl sites for hydroxylation is 1. The van der Waals surface area contributed by atoms with E-state index in [0.29, 0.717) is 12.0 Å². The summed E-state index contributed by atoms with van der Waals surface area (Å²) in [5, 5.41) is 4.70. The molecule has 0 radical (unpaired) electrons. The fourth-order valence-corrected chi connectivity index (χ4v) is 3.72. The molecule has 1 aliphatic heterocycles. The van der Waals surface area contributed by atoms with Crippen LogP contribution in [0, 0.1) is 6.92 Å². The predicted octanol–water partition coefficient (Wildman–Crippen LogP) is 2.70. The van der Waals surface area contributed by atoms with Crippen LogP contribution in [0.15, 0.2) is 18.2 Å². The number of aromatic nitrogens is 1. The van der Waals surface area contributed by atoms with Crippen molar-refractivity contribution in [3.8, 4) is 0 Å². The third-order valence-corrected chi connectivity index (χ3v) is 4.65. The molecule has 4 heteroatoms. The van der Waals surface area contributed by atoms with Gasteiger partial charge in [-0.2, -0.15) is 0 Å². The molecule has 1 fully saturated rings. The molecule has 1 N–H and O–H groups in total. The SMILES string of the molecule is CCNC1COCC1c1nc2c(C)cccc2s1. The van der Waals surface area contributed by atoms with Gasteiger partial charge in [-0.15, -0.1) is 11.3 Å². The maximum absolute atomic E-state index is 5.61. The largest absolute Gasteiger partial charge is 0.379 e. The van der Waals surface area contributed by atoms with Crippen molar-refractivity contribution in [2.75, 3.05) is 19.8 Å². The number of hydrogen-bond acceptors (Lipinski definition) is 4. The van der Waals surface area contributed by atoms with Crippen molar-refractivity contribution >= 4 is 21.6 Å². The van der Waals surface area contributed by atoms with Crippen LogP contribution < -0.4 is 5.32 Å². The number of ether oxygens (including phenoxy) is 1. The second kappa shape index (κ2) is 4.96. The zero-order chi connectivity index (χ0) is 12.5. The Morgan fingerprint density at radius 3 is 3.11 bits per heavy atom. The zero-order valence-electron chi connectivity index (χ0n) is 10.8. The Morgan fingerprint density at radius 1 is 1.44 bits per heavy atom. The number of nitrogens with zero attached hydrogens (tertiary/aromatic N) is 1. The number of thiazole rings is 1. The van der Waals surface area contributed by atoms with E-state index in [2.05, 4.69) is 37.4 Å². The number of likely N-dealkylation sites (N-methyl/N-ethyl adjacent to an activating group) is 1. The van der Waals surface area contributed by atoms with E-state index in [-0.39, 0.29) is 0 Å². The molecule has 1 aliphatic rings. The number of nitrogens with one attached hydrogen (secondary N) is 1. The van der Waals surface area contributed by atoms with Crippen molar-refractivity contribution in [3.63, 3.8) is 0 Å². The smallest absolute Gasteiger partial charge is 0.101 e. The summed E-state index contributed by atoms with van der Waals surface area (Å²) in [5.41, 5.74) is 2.41. The molecule has 1 aromatic heterocycles. The summed E-state index contributed by atoms with van der Waals surface area (Å²) in [6, 6.07) is 6.79. The van der Waals surface area contributed by atoms with Crippen LogP contribution in [0.4, 0.5) is 0 Å². The van der Waals surface area contributed by atoms with E-state index in [1.54, 1.807) is 0 Å². The summed E-state index contributed by atoms with van der Waals surface area (Å²) in [6.07, 6.45) is 0. The van der Waals surface area contributed by atoms with Gasteiger partial charge in [-0.1, -0.05) is 19.1 Å². The number of benzene rings is 1. The molecule has 3 nitrogen and oxygen atoms in total. The minimum atomic E-state index is 0.404. The van der Waals surface area contributed by atoms with E-state index in [0.717, 1.165) is 25.3 Å². The molecule has 2 unspecified atom stereocenters. The van der Waals surface area contributed by atoms with Crippen molar-refractivity contribution in [2.45, 2.75) is 25.8 Å². The van der Waals surface area contributed by atoms with E-state index in [4.69, 9.17) is 9.72 Å². The molecule has 0 saturated carbocycles. The van der Waals surface area contributed by atoms with Gasteiger partial charge in [0.05, 0.1) is 29.3 Å². The lowest BCUT2D eigenvalue weighted by atomic mass is 10.0. The van der Waals surface area contributed by atoms with Crippen LogP contribution in [-0.2, 0) is 4.74 Å². The highest BCUT2D eigenvalue weighted by molar-refractivity contribution is 7.18. The van der Waals surface area contributed by atoms with E-state index in [1.165, 1.54) is 15.3 Å². The first-order chi connectivity index (χ1) is 8.79. The number of hydrogen-bond donors (Lipinski definition) is 1. The summed E-state index contributed by atoms with van der Waals surface area (Å²) >= 11 is 1.81. The van der Waals surface area contributed by atoms with Crippen LogP contribution in [0.3, 0.4) is 0 Å². The summed E-state index contributed by atoms with van der Waals surface area (Å²) in [5.74, 6) is 0.404. The fraction of sp³-hybridized carbons (Fsp3) is 0.500. The minimum Gasteiger partial charge on any atom is -0.379 e. The molecule has 2 atom stereocenters. The molecule has 1 saturated heterocycles. The van der Waals surface area contributed by atoms with Crippen molar-refractivity contribution in [3.05, 3.63) is 28.8 Å². The third-order valence-electron chi connectivity index (χ3n) is 3.50. The first-order valence-corrected chi connectivity index (χ1v) is 7.28. The Labute approximate surface area is 111 Å². The van der Waals surface area contributed by atoms with Gasteiger partial charge in [-0.25, -0.2) is 4.98 Å². The average molecular weight is 262 g/mol. The van der Waals surface area contributed by atoms with Crippen LogP contribution in [-0.4, -0.2) is 30.8 Å². The van der Waals surface area contributed by atoms with E-state index < -0.39 is 0 Å². The molecule has 0 aliphatic carbocycles. The lowest BCUT2D eigenvalue weighted by molar-refractivity contribution is 0.188. The molecule has 2 heterocycles. The van der Waals surface area contributed by atoms with Gasteiger partial charge in [-0.05, 0) is 25.1 Å². The first kappa shape index (κ1) is 12.1. The number of fused-ring (bicyclic) bond motifs is 1. The third kappa shape index (κ3) is 2.05. The standard InChI is InChI=1S/C14H18N2OS/c1-3-15-11-8-17-7-10(11)14-16-13-9(2)5-4-6-12(13)18-14/h4-6,10-11,15H,3,7-8H2,1-2H3. The fourth-order valence-electron chi connectivity index (χ4n) is 2.52. The van der Waals surface area contributed by atoms with Crippen LogP contribution in [0.5, 0.6) is 0 Å². The lowest BCUT2D eigenvalue weighted by Gasteiger charge is -2.15. The highest BCUT2D eigenvalue weighted by atomic mass is 32.1. The number of rotatable bonds is 3. The van der Waals surface area contributed by atoms with Gasteiger partial charge in [0.2, 0.25) is 0 Å². The highest BCUT2D eigenvalue weighted by Crippen LogP contribution is 2.33. The van der Waals surface area contributed by atoms with Gasteiger partial charge in [0, 0.05) is 6.04 Å². The Morgan fingerprint density at radius 2 is 2.33 bits per heavy atom. The molecule has 0 amide bonds. The quantitative estimate of drug-likeness (QED) is 0.923. The second-order valence-corrected chi connectivity index (χ2v) is 5.84. The molecule has 2 aromatic rings. The highest BCUT2D eigenvalue weighted by Gasteiger charge is 2.31. The van der Waals surface area contributed by atoms with Crippen molar-refractivity contribution in [1.29, 1.82) is 0 Å². The molecule has 1 aromatic carbocycles. The Hall–Kier alpha value is -0.970. The van der Waals surface area contributed by atoms with Crippen molar-refractivity contribution in [1.82, 2.24) is 10.3 Å². The second-order valence-electron chi connectivity index (χ2n) is 4.78. The molecule has 96 valence electrons. The zero-order valence-corrected chi connectivity index (χ0v) is 11.6. The van der Waals surface area contributed by atoms with Gasteiger partial charge < -0.3 is 10.1 Å². The van der Waals surface area contributed by atoms with Crippen molar-refractivity contribution in [2.24, 2.45) is 0 Å². The van der Waals surface area contributed by atoms with Crippen molar-refractivity contribution < 1.29 is 4.74 Å². The molecule has 18 heavy (non-hydrogen) atoms. The van der Waals surface area contributed by atoms with Crippen LogP contribution in [0.1, 0.15) is 23.4 Å². The van der Waals surface area contributed by atoms with Gasteiger partial charge in [0.1, 0.15) is 5.01 Å². The monoisotopic (exact) mass is 262 g/mol. The minimum absolute atomic E-state index is 0.404. The van der Waals surface area contributed by atoms with E-state index in [1.807, 2.05) is 11.3 Å².